The third-order valence-electron chi connectivity index (χ3n) is 10.3. The number of fused-ring (bicyclic) bond motifs is 6. The lowest BCUT2D eigenvalue weighted by atomic mass is 9.81. The van der Waals surface area contributed by atoms with E-state index in [1.807, 2.05) is 60.7 Å². The van der Waals surface area contributed by atoms with Gasteiger partial charge in [-0.1, -0.05) is 60.7 Å². The third kappa shape index (κ3) is 5.57. The smallest absolute Gasteiger partial charge is 0.339 e. The Kier molecular flexibility index (Phi) is 7.79. The quantitative estimate of drug-likeness (QED) is 0.0928. The van der Waals surface area contributed by atoms with Crippen LogP contribution in [0.5, 0.6) is 5.75 Å². The van der Waals surface area contributed by atoms with Crippen molar-refractivity contribution in [2.45, 2.75) is 38.9 Å². The largest absolute Gasteiger partial charge is 0.489 e. The number of ketones is 1. The molecule has 4 aromatic carbocycles. The van der Waals surface area contributed by atoms with Crippen LogP contribution in [0.15, 0.2) is 109 Å². The van der Waals surface area contributed by atoms with E-state index in [9.17, 15) is 19.2 Å². The number of ether oxygens (including phenoxy) is 2. The summed E-state index contributed by atoms with van der Waals surface area (Å²) >= 11 is 0. The number of imide groups is 1. The van der Waals surface area contributed by atoms with Crippen LogP contribution in [0.1, 0.15) is 52.5 Å². The van der Waals surface area contributed by atoms with Crippen molar-refractivity contribution in [3.05, 3.63) is 126 Å². The molecule has 0 radical (unpaired) electrons. The van der Waals surface area contributed by atoms with E-state index in [0.717, 1.165) is 24.8 Å². The summed E-state index contributed by atoms with van der Waals surface area (Å²) in [5, 5.41) is 0.599. The first-order chi connectivity index (χ1) is 23.9. The molecule has 2 amide bonds. The van der Waals surface area contributed by atoms with Gasteiger partial charge in [-0.05, 0) is 92.1 Å². The molecule has 0 unspecified atom stereocenters. The number of aromatic nitrogens is 1. The Balaban J connectivity index is 0.986. The molecular formula is C41H34N2O6. The first kappa shape index (κ1) is 30.7. The third-order valence-corrected chi connectivity index (χ3v) is 10.3. The number of benzene rings is 4. The van der Waals surface area contributed by atoms with E-state index in [0.29, 0.717) is 57.6 Å². The van der Waals surface area contributed by atoms with Gasteiger partial charge in [0.1, 0.15) is 12.4 Å². The summed E-state index contributed by atoms with van der Waals surface area (Å²) in [6.07, 6.45) is 2.01. The van der Waals surface area contributed by atoms with E-state index < -0.39 is 12.1 Å². The molecule has 2 saturated carbocycles. The first-order valence-corrected chi connectivity index (χ1v) is 16.8. The van der Waals surface area contributed by atoms with Crippen LogP contribution < -0.4 is 9.64 Å². The fraction of sp³-hybridized carbons (Fsp3) is 0.244. The molecular weight excluding hydrogens is 616 g/mol. The van der Waals surface area contributed by atoms with Crippen LogP contribution in [-0.2, 0) is 20.9 Å². The van der Waals surface area contributed by atoms with Gasteiger partial charge in [0, 0.05) is 16.5 Å². The molecule has 8 nitrogen and oxygen atoms in total. The highest BCUT2D eigenvalue weighted by Crippen LogP contribution is 2.56. The monoisotopic (exact) mass is 650 g/mol. The summed E-state index contributed by atoms with van der Waals surface area (Å²) in [4.78, 5) is 59.7. The van der Waals surface area contributed by atoms with Gasteiger partial charge >= 0.3 is 5.97 Å². The van der Waals surface area contributed by atoms with Gasteiger partial charge in [-0.3, -0.25) is 19.3 Å². The molecule has 0 N–H and O–H groups in total. The second-order valence-corrected chi connectivity index (χ2v) is 13.2. The summed E-state index contributed by atoms with van der Waals surface area (Å²) in [6.45, 7) is 1.97. The topological polar surface area (TPSA) is 103 Å². The van der Waals surface area contributed by atoms with Crippen LogP contribution in [0, 0.1) is 23.7 Å². The van der Waals surface area contributed by atoms with Gasteiger partial charge in [-0.2, -0.15) is 0 Å². The Hall–Kier alpha value is -5.63. The molecule has 244 valence electrons. The number of para-hydroxylation sites is 1. The number of anilines is 1. The second-order valence-electron chi connectivity index (χ2n) is 13.2. The van der Waals surface area contributed by atoms with E-state index in [4.69, 9.17) is 14.5 Å². The van der Waals surface area contributed by atoms with Crippen molar-refractivity contribution < 1.29 is 28.7 Å². The van der Waals surface area contributed by atoms with Gasteiger partial charge in [0.25, 0.3) is 0 Å². The van der Waals surface area contributed by atoms with E-state index in [1.165, 1.54) is 4.90 Å². The van der Waals surface area contributed by atoms with Crippen molar-refractivity contribution in [3.63, 3.8) is 0 Å². The summed E-state index contributed by atoms with van der Waals surface area (Å²) in [6, 6.07) is 32.6. The van der Waals surface area contributed by atoms with Crippen LogP contribution in [0.4, 0.5) is 5.69 Å². The lowest BCUT2D eigenvalue weighted by Crippen LogP contribution is -2.32. The molecule has 49 heavy (non-hydrogen) atoms. The number of pyridine rings is 1. The molecule has 8 heteroatoms. The molecule has 2 aliphatic carbocycles. The Morgan fingerprint density at radius 1 is 0.816 bits per heavy atom. The molecule has 8 rings (SSSR count). The minimum atomic E-state index is -1.04. The van der Waals surface area contributed by atoms with Gasteiger partial charge in [0.15, 0.2) is 6.10 Å². The van der Waals surface area contributed by atoms with Crippen LogP contribution in [0.3, 0.4) is 0 Å². The maximum Gasteiger partial charge on any atom is 0.339 e. The van der Waals surface area contributed by atoms with Gasteiger partial charge in [0.2, 0.25) is 17.6 Å². The number of Topliss-reactive ketones (excluding diaryl/α,β-unsaturated/α-hetero) is 1. The molecule has 1 aromatic heterocycles. The summed E-state index contributed by atoms with van der Waals surface area (Å²) in [5.41, 5.74) is 4.10. The number of rotatable bonds is 9. The zero-order chi connectivity index (χ0) is 33.6. The van der Waals surface area contributed by atoms with Gasteiger partial charge in [-0.15, -0.1) is 0 Å². The number of hydrogen-bond acceptors (Lipinski definition) is 7. The fourth-order valence-corrected chi connectivity index (χ4v) is 7.91. The molecule has 3 fully saturated rings. The normalized spacial score (nSPS) is 21.5. The van der Waals surface area contributed by atoms with Crippen molar-refractivity contribution in [1.82, 2.24) is 4.98 Å². The summed E-state index contributed by atoms with van der Waals surface area (Å²) < 4.78 is 11.6. The van der Waals surface area contributed by atoms with Gasteiger partial charge in [-0.25, -0.2) is 9.78 Å². The maximum atomic E-state index is 13.6. The van der Waals surface area contributed by atoms with E-state index in [2.05, 4.69) is 0 Å². The second kappa shape index (κ2) is 12.4. The van der Waals surface area contributed by atoms with Gasteiger partial charge in [0.05, 0.1) is 34.3 Å². The van der Waals surface area contributed by atoms with Crippen LogP contribution in [-0.4, -0.2) is 34.7 Å². The molecule has 5 aromatic rings. The fourth-order valence-electron chi connectivity index (χ4n) is 7.91. The van der Waals surface area contributed by atoms with Crippen molar-refractivity contribution in [2.75, 3.05) is 4.90 Å². The maximum absolute atomic E-state index is 13.6. The Morgan fingerprint density at radius 3 is 2.16 bits per heavy atom. The predicted octanol–water partition coefficient (Wildman–Crippen LogP) is 7.44. The van der Waals surface area contributed by atoms with E-state index >= 15 is 0 Å². The highest BCUT2D eigenvalue weighted by molar-refractivity contribution is 6.22. The predicted molar refractivity (Wildman–Crippen MR) is 184 cm³/mol. The Labute approximate surface area is 283 Å². The van der Waals surface area contributed by atoms with Crippen LogP contribution in [0.2, 0.25) is 0 Å². The van der Waals surface area contributed by atoms with E-state index in [1.54, 1.807) is 55.5 Å². The summed E-state index contributed by atoms with van der Waals surface area (Å²) in [5.74, 6) is -0.252. The number of hydrogen-bond donors (Lipinski definition) is 0. The standard InChI is InChI=1S/C41H34N2O6/c1-24(38(44)27-15-19-31(20-16-27)48-23-25-7-3-2-4-8-25)49-41(47)33-22-35(42-34-10-6-5-9-32(33)34)26-13-17-30(18-14-26)43-39(45)36-28-11-12-29(21-28)37(36)40(43)46/h2-10,13-20,22,24,28-29,36-37H,11-12,21,23H2,1H3/t24-,28-,29+,36-,37-/m0/s1. The number of amides is 2. The molecule has 1 saturated heterocycles. The highest BCUT2D eigenvalue weighted by atomic mass is 16.5. The highest BCUT2D eigenvalue weighted by Gasteiger charge is 2.61. The summed E-state index contributed by atoms with van der Waals surface area (Å²) in [7, 11) is 0. The van der Waals surface area contributed by atoms with Gasteiger partial charge < -0.3 is 9.47 Å². The number of esters is 1. The van der Waals surface area contributed by atoms with Crippen molar-refractivity contribution in [1.29, 1.82) is 0 Å². The molecule has 1 aliphatic heterocycles. The minimum absolute atomic E-state index is 0.0835. The Bertz CT molecular complexity index is 2070. The number of carbonyl (C=O) groups is 4. The lowest BCUT2D eigenvalue weighted by Gasteiger charge is -2.19. The average Bonchev–Trinajstić information content (AvgIpc) is 3.84. The molecule has 2 bridgehead atoms. The molecule has 5 atom stereocenters. The molecule has 3 aliphatic rings. The van der Waals surface area contributed by atoms with Crippen LogP contribution >= 0.6 is 0 Å². The van der Waals surface area contributed by atoms with Crippen molar-refractivity contribution in [3.8, 4) is 17.0 Å². The number of carbonyl (C=O) groups excluding carboxylic acids is 4. The minimum Gasteiger partial charge on any atom is -0.489 e. The average molecular weight is 651 g/mol. The lowest BCUT2D eigenvalue weighted by molar-refractivity contribution is -0.123. The van der Waals surface area contributed by atoms with Crippen molar-refractivity contribution >= 4 is 40.2 Å². The first-order valence-electron chi connectivity index (χ1n) is 16.8. The van der Waals surface area contributed by atoms with E-state index in [-0.39, 0.29) is 35.0 Å². The molecule has 0 spiro atoms. The zero-order valence-electron chi connectivity index (χ0n) is 27.0. The van der Waals surface area contributed by atoms with Crippen LogP contribution in [0.25, 0.3) is 22.2 Å². The van der Waals surface area contributed by atoms with Crippen molar-refractivity contribution in [2.24, 2.45) is 23.7 Å². The SMILES string of the molecule is C[C@H](OC(=O)c1cc(-c2ccc(N3C(=O)[C@H]4[C@@H]5CC[C@@H](C5)[C@@H]4C3=O)cc2)nc2ccccc12)C(=O)c1ccc(OCc2ccccc2)cc1. The zero-order valence-corrected chi connectivity index (χ0v) is 27.0. The number of nitrogens with zero attached hydrogens (tertiary/aromatic N) is 2. The Morgan fingerprint density at radius 2 is 1.47 bits per heavy atom. The molecule has 2 heterocycles.